The standard InChI is InChI=1S/C13H20N2/c1-2-12-9-15-13(10-14-12)8-11-6-4-3-5-7-11/h3-7,12-15H,2,8-10H2,1H3. The molecule has 2 N–H and O–H groups in total. The molecule has 2 nitrogen and oxygen atoms in total. The molecule has 82 valence electrons. The van der Waals surface area contributed by atoms with Gasteiger partial charge in [0, 0.05) is 25.2 Å². The van der Waals surface area contributed by atoms with Gasteiger partial charge in [0.05, 0.1) is 0 Å². The molecule has 2 unspecified atom stereocenters. The lowest BCUT2D eigenvalue weighted by Crippen LogP contribution is -2.54. The second-order valence-electron chi connectivity index (χ2n) is 4.31. The van der Waals surface area contributed by atoms with E-state index in [1.54, 1.807) is 0 Å². The highest BCUT2D eigenvalue weighted by molar-refractivity contribution is 5.16. The summed E-state index contributed by atoms with van der Waals surface area (Å²) in [5.41, 5.74) is 1.42. The van der Waals surface area contributed by atoms with Crippen molar-refractivity contribution in [2.24, 2.45) is 0 Å². The Morgan fingerprint density at radius 1 is 1.07 bits per heavy atom. The number of benzene rings is 1. The zero-order valence-corrected chi connectivity index (χ0v) is 9.37. The van der Waals surface area contributed by atoms with E-state index in [4.69, 9.17) is 0 Å². The third-order valence-electron chi connectivity index (χ3n) is 3.12. The molecule has 0 aromatic heterocycles. The van der Waals surface area contributed by atoms with E-state index in [2.05, 4.69) is 47.9 Å². The molecular formula is C13H20N2. The SMILES string of the molecule is CCC1CNC(Cc2ccccc2)CN1. The van der Waals surface area contributed by atoms with Crippen molar-refractivity contribution in [2.45, 2.75) is 31.8 Å². The Balaban J connectivity index is 1.82. The van der Waals surface area contributed by atoms with Crippen molar-refractivity contribution in [2.75, 3.05) is 13.1 Å². The number of rotatable bonds is 3. The van der Waals surface area contributed by atoms with Crippen LogP contribution in [0.5, 0.6) is 0 Å². The van der Waals surface area contributed by atoms with E-state index in [1.807, 2.05) is 0 Å². The van der Waals surface area contributed by atoms with Crippen LogP contribution in [0.3, 0.4) is 0 Å². The molecular weight excluding hydrogens is 184 g/mol. The number of piperazine rings is 1. The molecule has 0 bridgehead atoms. The summed E-state index contributed by atoms with van der Waals surface area (Å²) in [6, 6.07) is 12.0. The van der Waals surface area contributed by atoms with Crippen molar-refractivity contribution in [3.05, 3.63) is 35.9 Å². The van der Waals surface area contributed by atoms with E-state index >= 15 is 0 Å². The maximum absolute atomic E-state index is 3.61. The fourth-order valence-electron chi connectivity index (χ4n) is 2.09. The molecule has 1 aromatic carbocycles. The minimum Gasteiger partial charge on any atom is -0.311 e. The summed E-state index contributed by atoms with van der Waals surface area (Å²) in [6.45, 7) is 4.43. The topological polar surface area (TPSA) is 24.1 Å². The predicted octanol–water partition coefficient (Wildman–Crippen LogP) is 1.57. The van der Waals surface area contributed by atoms with E-state index in [1.165, 1.54) is 12.0 Å². The first-order chi connectivity index (χ1) is 7.38. The van der Waals surface area contributed by atoms with Crippen LogP contribution in [0, 0.1) is 0 Å². The van der Waals surface area contributed by atoms with Crippen LogP contribution in [0.25, 0.3) is 0 Å². The van der Waals surface area contributed by atoms with Crippen molar-refractivity contribution in [3.63, 3.8) is 0 Å². The van der Waals surface area contributed by atoms with Gasteiger partial charge in [-0.15, -0.1) is 0 Å². The van der Waals surface area contributed by atoms with Gasteiger partial charge in [-0.3, -0.25) is 0 Å². The first kappa shape index (κ1) is 10.7. The van der Waals surface area contributed by atoms with Gasteiger partial charge in [-0.2, -0.15) is 0 Å². The van der Waals surface area contributed by atoms with E-state index in [0.29, 0.717) is 12.1 Å². The van der Waals surface area contributed by atoms with E-state index in [0.717, 1.165) is 19.5 Å². The molecule has 0 aliphatic carbocycles. The van der Waals surface area contributed by atoms with Crippen molar-refractivity contribution in [3.8, 4) is 0 Å². The normalized spacial score (nSPS) is 26.5. The van der Waals surface area contributed by atoms with Gasteiger partial charge in [-0.1, -0.05) is 37.3 Å². The Bertz CT molecular complexity index is 276. The van der Waals surface area contributed by atoms with Crippen molar-refractivity contribution < 1.29 is 0 Å². The lowest BCUT2D eigenvalue weighted by Gasteiger charge is -2.30. The quantitative estimate of drug-likeness (QED) is 0.781. The molecule has 2 atom stereocenters. The summed E-state index contributed by atoms with van der Waals surface area (Å²) in [5.74, 6) is 0. The minimum atomic E-state index is 0.593. The van der Waals surface area contributed by atoms with Gasteiger partial charge < -0.3 is 10.6 Å². The summed E-state index contributed by atoms with van der Waals surface area (Å²) in [5, 5.41) is 7.18. The molecule has 2 rings (SSSR count). The summed E-state index contributed by atoms with van der Waals surface area (Å²) < 4.78 is 0. The second kappa shape index (κ2) is 5.29. The lowest BCUT2D eigenvalue weighted by atomic mass is 10.0. The molecule has 1 aliphatic rings. The van der Waals surface area contributed by atoms with Gasteiger partial charge in [0.15, 0.2) is 0 Å². The van der Waals surface area contributed by atoms with Crippen LogP contribution in [-0.4, -0.2) is 25.2 Å². The first-order valence-electron chi connectivity index (χ1n) is 5.89. The highest BCUT2D eigenvalue weighted by Crippen LogP contribution is 2.05. The van der Waals surface area contributed by atoms with Crippen LogP contribution in [-0.2, 0) is 6.42 Å². The Hall–Kier alpha value is -0.860. The van der Waals surface area contributed by atoms with E-state index in [-0.39, 0.29) is 0 Å². The average molecular weight is 204 g/mol. The molecule has 1 fully saturated rings. The summed E-state index contributed by atoms with van der Waals surface area (Å²) in [4.78, 5) is 0. The number of hydrogen-bond donors (Lipinski definition) is 2. The van der Waals surface area contributed by atoms with Crippen LogP contribution in [0.15, 0.2) is 30.3 Å². The Morgan fingerprint density at radius 2 is 1.73 bits per heavy atom. The summed E-state index contributed by atoms with van der Waals surface area (Å²) in [7, 11) is 0. The van der Waals surface area contributed by atoms with Gasteiger partial charge in [0.1, 0.15) is 0 Å². The molecule has 1 saturated heterocycles. The summed E-state index contributed by atoms with van der Waals surface area (Å²) >= 11 is 0. The van der Waals surface area contributed by atoms with Crippen molar-refractivity contribution in [1.82, 2.24) is 10.6 Å². The van der Waals surface area contributed by atoms with Crippen molar-refractivity contribution in [1.29, 1.82) is 0 Å². The number of nitrogens with one attached hydrogen (secondary N) is 2. The zero-order chi connectivity index (χ0) is 10.5. The third kappa shape index (κ3) is 3.05. The smallest absolute Gasteiger partial charge is 0.0233 e. The lowest BCUT2D eigenvalue weighted by molar-refractivity contribution is 0.338. The Labute approximate surface area is 92.1 Å². The van der Waals surface area contributed by atoms with Crippen LogP contribution in [0.4, 0.5) is 0 Å². The van der Waals surface area contributed by atoms with Crippen LogP contribution < -0.4 is 10.6 Å². The first-order valence-corrected chi connectivity index (χ1v) is 5.89. The minimum absolute atomic E-state index is 0.593. The van der Waals surface area contributed by atoms with Gasteiger partial charge in [-0.05, 0) is 18.4 Å². The molecule has 15 heavy (non-hydrogen) atoms. The fraction of sp³-hybridized carbons (Fsp3) is 0.538. The zero-order valence-electron chi connectivity index (χ0n) is 9.37. The summed E-state index contributed by atoms with van der Waals surface area (Å²) in [6.07, 6.45) is 2.34. The maximum Gasteiger partial charge on any atom is 0.0233 e. The largest absolute Gasteiger partial charge is 0.311 e. The monoisotopic (exact) mass is 204 g/mol. The fourth-order valence-corrected chi connectivity index (χ4v) is 2.09. The molecule has 1 heterocycles. The number of hydrogen-bond acceptors (Lipinski definition) is 2. The maximum atomic E-state index is 3.61. The molecule has 0 amide bonds. The predicted molar refractivity (Wildman–Crippen MR) is 64.0 cm³/mol. The van der Waals surface area contributed by atoms with Gasteiger partial charge in [-0.25, -0.2) is 0 Å². The second-order valence-corrected chi connectivity index (χ2v) is 4.31. The van der Waals surface area contributed by atoms with Crippen LogP contribution in [0.1, 0.15) is 18.9 Å². The molecule has 2 heteroatoms. The molecule has 0 saturated carbocycles. The van der Waals surface area contributed by atoms with Crippen molar-refractivity contribution >= 4 is 0 Å². The van der Waals surface area contributed by atoms with E-state index < -0.39 is 0 Å². The molecule has 0 spiro atoms. The highest BCUT2D eigenvalue weighted by atomic mass is 15.1. The molecule has 1 aliphatic heterocycles. The Kier molecular flexibility index (Phi) is 3.75. The van der Waals surface area contributed by atoms with Crippen LogP contribution in [0.2, 0.25) is 0 Å². The molecule has 1 aromatic rings. The highest BCUT2D eigenvalue weighted by Gasteiger charge is 2.18. The van der Waals surface area contributed by atoms with E-state index in [9.17, 15) is 0 Å². The Morgan fingerprint density at radius 3 is 2.33 bits per heavy atom. The average Bonchev–Trinajstić information content (AvgIpc) is 2.31. The third-order valence-corrected chi connectivity index (χ3v) is 3.12. The molecule has 0 radical (unpaired) electrons. The van der Waals surface area contributed by atoms with Gasteiger partial charge >= 0.3 is 0 Å². The van der Waals surface area contributed by atoms with Gasteiger partial charge in [0.25, 0.3) is 0 Å². The van der Waals surface area contributed by atoms with Gasteiger partial charge in [0.2, 0.25) is 0 Å². The van der Waals surface area contributed by atoms with Crippen LogP contribution >= 0.6 is 0 Å².